The summed E-state index contributed by atoms with van der Waals surface area (Å²) in [7, 11) is 1.57. The maximum absolute atomic E-state index is 11.9. The Bertz CT molecular complexity index is 770. The molecule has 0 saturated heterocycles. The van der Waals surface area contributed by atoms with Crippen molar-refractivity contribution in [1.82, 2.24) is 5.43 Å². The van der Waals surface area contributed by atoms with Gasteiger partial charge in [-0.05, 0) is 42.7 Å². The number of nitrogens with one attached hydrogen (secondary N) is 1. The number of carbonyl (C=O) groups is 1. The lowest BCUT2D eigenvalue weighted by molar-refractivity contribution is -0.123. The van der Waals surface area contributed by atoms with E-state index in [1.165, 1.54) is 11.8 Å². The first-order chi connectivity index (χ1) is 13.0. The second kappa shape index (κ2) is 10.2. The van der Waals surface area contributed by atoms with Crippen LogP contribution in [0.2, 0.25) is 0 Å². The largest absolute Gasteiger partial charge is 0.493 e. The molecule has 2 rings (SSSR count). The predicted molar refractivity (Wildman–Crippen MR) is 106 cm³/mol. The molecule has 144 valence electrons. The predicted octanol–water partition coefficient (Wildman–Crippen LogP) is 3.75. The van der Waals surface area contributed by atoms with Gasteiger partial charge in [0.15, 0.2) is 18.1 Å². The highest BCUT2D eigenvalue weighted by atomic mass is 16.5. The van der Waals surface area contributed by atoms with Crippen molar-refractivity contribution in [2.75, 3.05) is 20.3 Å². The van der Waals surface area contributed by atoms with Gasteiger partial charge in [0.25, 0.3) is 5.91 Å². The maximum atomic E-state index is 11.9. The van der Waals surface area contributed by atoms with Crippen molar-refractivity contribution in [3.05, 3.63) is 53.6 Å². The zero-order chi connectivity index (χ0) is 19.6. The topological polar surface area (TPSA) is 69.2 Å². The normalized spacial score (nSPS) is 10.9. The van der Waals surface area contributed by atoms with Crippen LogP contribution in [0.15, 0.2) is 47.6 Å². The summed E-state index contributed by atoms with van der Waals surface area (Å²) in [5.74, 6) is 1.95. The molecule has 2 aromatic carbocycles. The highest BCUT2D eigenvalue weighted by molar-refractivity contribution is 5.86. The number of nitrogens with zero attached hydrogens (tertiary/aromatic N) is 1. The van der Waals surface area contributed by atoms with Crippen LogP contribution in [0.1, 0.15) is 37.8 Å². The second-order valence-corrected chi connectivity index (χ2v) is 6.12. The van der Waals surface area contributed by atoms with Gasteiger partial charge in [0.1, 0.15) is 5.75 Å². The molecule has 0 aliphatic rings. The molecule has 0 radical (unpaired) electrons. The quantitative estimate of drug-likeness (QED) is 0.539. The van der Waals surface area contributed by atoms with Crippen LogP contribution in [0.25, 0.3) is 0 Å². The fourth-order valence-corrected chi connectivity index (χ4v) is 2.40. The molecule has 1 N–H and O–H groups in total. The number of hydrogen-bond acceptors (Lipinski definition) is 5. The minimum Gasteiger partial charge on any atom is -0.493 e. The summed E-state index contributed by atoms with van der Waals surface area (Å²) < 4.78 is 16.4. The Balaban J connectivity index is 1.90. The summed E-state index contributed by atoms with van der Waals surface area (Å²) in [4.78, 5) is 11.9. The number of methoxy groups -OCH3 is 1. The molecule has 6 heteroatoms. The highest BCUT2D eigenvalue weighted by Gasteiger charge is 2.09. The lowest BCUT2D eigenvalue weighted by Crippen LogP contribution is -2.24. The van der Waals surface area contributed by atoms with Gasteiger partial charge in [-0.2, -0.15) is 5.10 Å². The molecule has 0 aliphatic carbocycles. The summed E-state index contributed by atoms with van der Waals surface area (Å²) in [6.45, 7) is 6.52. The van der Waals surface area contributed by atoms with Crippen molar-refractivity contribution < 1.29 is 19.0 Å². The Hall–Kier alpha value is -3.02. The van der Waals surface area contributed by atoms with E-state index in [9.17, 15) is 4.79 Å². The van der Waals surface area contributed by atoms with Crippen molar-refractivity contribution in [1.29, 1.82) is 0 Å². The van der Waals surface area contributed by atoms with Gasteiger partial charge in [-0.3, -0.25) is 4.79 Å². The molecule has 1 amide bonds. The molecule has 0 saturated carbocycles. The summed E-state index contributed by atoms with van der Waals surface area (Å²) in [5.41, 5.74) is 4.38. The molecule has 0 spiro atoms. The van der Waals surface area contributed by atoms with Crippen LogP contribution < -0.4 is 19.6 Å². The minimum atomic E-state index is -0.347. The van der Waals surface area contributed by atoms with Crippen molar-refractivity contribution in [2.24, 2.45) is 5.10 Å². The second-order valence-electron chi connectivity index (χ2n) is 6.12. The SMILES string of the molecule is CCOc1c(/C=N/NC(=O)COc2ccc(C(C)C)cc2)cccc1OC. The first-order valence-electron chi connectivity index (χ1n) is 8.89. The number of hydrogen-bond donors (Lipinski definition) is 1. The van der Waals surface area contributed by atoms with Crippen LogP contribution in [0.5, 0.6) is 17.2 Å². The number of benzene rings is 2. The number of hydrazone groups is 1. The third-order valence-electron chi connectivity index (χ3n) is 3.83. The number of carbonyl (C=O) groups excluding carboxylic acids is 1. The van der Waals surface area contributed by atoms with Gasteiger partial charge in [0.05, 0.1) is 19.9 Å². The molecule has 2 aromatic rings. The number of ether oxygens (including phenoxy) is 3. The Morgan fingerprint density at radius 3 is 2.52 bits per heavy atom. The standard InChI is InChI=1S/C21H26N2O4/c1-5-26-21-17(7-6-8-19(21)25-4)13-22-23-20(24)14-27-18-11-9-16(10-12-18)15(2)3/h6-13,15H,5,14H2,1-4H3,(H,23,24)/b22-13+. The first kappa shape index (κ1) is 20.3. The van der Waals surface area contributed by atoms with Crippen LogP contribution in [0.3, 0.4) is 0 Å². The van der Waals surface area contributed by atoms with E-state index >= 15 is 0 Å². The van der Waals surface area contributed by atoms with E-state index in [-0.39, 0.29) is 12.5 Å². The average Bonchev–Trinajstić information content (AvgIpc) is 2.68. The zero-order valence-corrected chi connectivity index (χ0v) is 16.2. The van der Waals surface area contributed by atoms with E-state index in [4.69, 9.17) is 14.2 Å². The number of amides is 1. The highest BCUT2D eigenvalue weighted by Crippen LogP contribution is 2.29. The first-order valence-corrected chi connectivity index (χ1v) is 8.89. The molecule has 0 aromatic heterocycles. The number of para-hydroxylation sites is 1. The Morgan fingerprint density at radius 1 is 1.15 bits per heavy atom. The van der Waals surface area contributed by atoms with Crippen molar-refractivity contribution >= 4 is 12.1 Å². The van der Waals surface area contributed by atoms with Crippen molar-refractivity contribution in [2.45, 2.75) is 26.7 Å². The smallest absolute Gasteiger partial charge is 0.277 e. The van der Waals surface area contributed by atoms with Gasteiger partial charge in [-0.25, -0.2) is 5.43 Å². The van der Waals surface area contributed by atoms with Crippen LogP contribution in [-0.2, 0) is 4.79 Å². The van der Waals surface area contributed by atoms with Crippen molar-refractivity contribution in [3.63, 3.8) is 0 Å². The molecular weight excluding hydrogens is 344 g/mol. The monoisotopic (exact) mass is 370 g/mol. The Kier molecular flexibility index (Phi) is 7.67. The van der Waals surface area contributed by atoms with Crippen LogP contribution in [0, 0.1) is 0 Å². The van der Waals surface area contributed by atoms with E-state index in [1.54, 1.807) is 13.2 Å². The van der Waals surface area contributed by atoms with Gasteiger partial charge in [0, 0.05) is 5.56 Å². The van der Waals surface area contributed by atoms with Crippen LogP contribution in [-0.4, -0.2) is 32.4 Å². The van der Waals surface area contributed by atoms with Gasteiger partial charge in [-0.15, -0.1) is 0 Å². The van der Waals surface area contributed by atoms with Crippen LogP contribution in [0.4, 0.5) is 0 Å². The van der Waals surface area contributed by atoms with Gasteiger partial charge < -0.3 is 14.2 Å². The molecule has 0 aliphatic heterocycles. The summed E-state index contributed by atoms with van der Waals surface area (Å²) in [5, 5.41) is 3.97. The van der Waals surface area contributed by atoms with E-state index in [0.29, 0.717) is 35.3 Å². The maximum Gasteiger partial charge on any atom is 0.277 e. The van der Waals surface area contributed by atoms with E-state index < -0.39 is 0 Å². The summed E-state index contributed by atoms with van der Waals surface area (Å²) in [6, 6.07) is 13.2. The molecule has 0 heterocycles. The fraction of sp³-hybridized carbons (Fsp3) is 0.333. The minimum absolute atomic E-state index is 0.116. The lowest BCUT2D eigenvalue weighted by atomic mass is 10.0. The van der Waals surface area contributed by atoms with Crippen LogP contribution >= 0.6 is 0 Å². The van der Waals surface area contributed by atoms with E-state index in [0.717, 1.165) is 0 Å². The zero-order valence-electron chi connectivity index (χ0n) is 16.2. The molecule has 0 atom stereocenters. The van der Waals surface area contributed by atoms with E-state index in [2.05, 4.69) is 24.4 Å². The van der Waals surface area contributed by atoms with Gasteiger partial charge in [-0.1, -0.05) is 32.0 Å². The molecular formula is C21H26N2O4. The molecule has 0 bridgehead atoms. The van der Waals surface area contributed by atoms with Crippen molar-refractivity contribution in [3.8, 4) is 17.2 Å². The third kappa shape index (κ3) is 6.02. The average molecular weight is 370 g/mol. The summed E-state index contributed by atoms with van der Waals surface area (Å²) >= 11 is 0. The van der Waals surface area contributed by atoms with E-state index in [1.807, 2.05) is 43.3 Å². The molecule has 6 nitrogen and oxygen atoms in total. The number of rotatable bonds is 9. The van der Waals surface area contributed by atoms with Gasteiger partial charge >= 0.3 is 0 Å². The molecule has 27 heavy (non-hydrogen) atoms. The Morgan fingerprint density at radius 2 is 1.89 bits per heavy atom. The summed E-state index contributed by atoms with van der Waals surface area (Å²) in [6.07, 6.45) is 1.52. The molecule has 0 unspecified atom stereocenters. The fourth-order valence-electron chi connectivity index (χ4n) is 2.40. The van der Waals surface area contributed by atoms with Gasteiger partial charge in [0.2, 0.25) is 0 Å². The Labute approximate surface area is 160 Å². The lowest BCUT2D eigenvalue weighted by Gasteiger charge is -2.11. The third-order valence-corrected chi connectivity index (χ3v) is 3.83. The molecule has 0 fully saturated rings.